The summed E-state index contributed by atoms with van der Waals surface area (Å²) >= 11 is 1.44. The van der Waals surface area contributed by atoms with Crippen LogP contribution in [0.25, 0.3) is 10.2 Å². The third-order valence-electron chi connectivity index (χ3n) is 3.07. The van der Waals surface area contributed by atoms with Gasteiger partial charge in [-0.05, 0) is 37.3 Å². The molecule has 2 N–H and O–H groups in total. The molecule has 114 valence electrons. The molecular formula is C18H15N3OS. The van der Waals surface area contributed by atoms with E-state index in [1.54, 1.807) is 0 Å². The van der Waals surface area contributed by atoms with Gasteiger partial charge < -0.3 is 5.32 Å². The van der Waals surface area contributed by atoms with Crippen LogP contribution < -0.4 is 10.6 Å². The molecule has 1 aromatic heterocycles. The van der Waals surface area contributed by atoms with Crippen molar-refractivity contribution in [3.8, 4) is 11.8 Å². The maximum Gasteiger partial charge on any atom is 0.321 e. The van der Waals surface area contributed by atoms with Crippen molar-refractivity contribution < 1.29 is 4.79 Å². The Balaban J connectivity index is 1.82. The maximum absolute atomic E-state index is 11.5. The molecule has 3 rings (SSSR count). The van der Waals surface area contributed by atoms with Crippen molar-refractivity contribution >= 4 is 32.7 Å². The first kappa shape index (κ1) is 15.1. The van der Waals surface area contributed by atoms with E-state index in [9.17, 15) is 4.79 Å². The minimum atomic E-state index is -0.240. The predicted octanol–water partition coefficient (Wildman–Crippen LogP) is 3.84. The van der Waals surface area contributed by atoms with E-state index in [4.69, 9.17) is 0 Å². The van der Waals surface area contributed by atoms with E-state index < -0.39 is 0 Å². The van der Waals surface area contributed by atoms with E-state index in [0.29, 0.717) is 11.7 Å². The Bertz CT molecular complexity index is 891. The van der Waals surface area contributed by atoms with Gasteiger partial charge in [-0.3, -0.25) is 5.32 Å². The van der Waals surface area contributed by atoms with Crippen molar-refractivity contribution in [2.45, 2.75) is 6.92 Å². The zero-order chi connectivity index (χ0) is 16.1. The van der Waals surface area contributed by atoms with E-state index in [-0.39, 0.29) is 6.03 Å². The molecule has 3 aromatic rings. The second-order valence-electron chi connectivity index (χ2n) is 4.80. The molecule has 0 aliphatic carbocycles. The lowest BCUT2D eigenvalue weighted by molar-refractivity contribution is 0.252. The van der Waals surface area contributed by atoms with E-state index >= 15 is 0 Å². The van der Waals surface area contributed by atoms with Crippen LogP contribution >= 0.6 is 11.3 Å². The summed E-state index contributed by atoms with van der Waals surface area (Å²) in [5.74, 6) is 6.29. The van der Waals surface area contributed by atoms with Crippen molar-refractivity contribution in [2.24, 2.45) is 0 Å². The molecule has 2 amide bonds. The molecule has 1 heterocycles. The highest BCUT2D eigenvalue weighted by atomic mass is 32.1. The average molecular weight is 321 g/mol. The fourth-order valence-electron chi connectivity index (χ4n) is 2.02. The van der Waals surface area contributed by atoms with Gasteiger partial charge >= 0.3 is 6.03 Å². The number of thiazole rings is 1. The van der Waals surface area contributed by atoms with Gasteiger partial charge in [0, 0.05) is 17.7 Å². The first-order valence-corrected chi connectivity index (χ1v) is 8.09. The summed E-state index contributed by atoms with van der Waals surface area (Å²) in [7, 11) is 0. The van der Waals surface area contributed by atoms with Crippen molar-refractivity contribution in [3.05, 3.63) is 59.7 Å². The molecule has 23 heavy (non-hydrogen) atoms. The van der Waals surface area contributed by atoms with Crippen LogP contribution in [0.4, 0.5) is 9.93 Å². The number of carbonyl (C=O) groups excluding carboxylic acids is 1. The zero-order valence-corrected chi connectivity index (χ0v) is 13.4. The fourth-order valence-corrected chi connectivity index (χ4v) is 2.92. The van der Waals surface area contributed by atoms with Crippen LogP contribution in [0.1, 0.15) is 18.1 Å². The van der Waals surface area contributed by atoms with E-state index in [1.807, 2.05) is 55.5 Å². The first-order chi connectivity index (χ1) is 11.2. The smallest absolute Gasteiger partial charge is 0.321 e. The van der Waals surface area contributed by atoms with Crippen LogP contribution in [0.15, 0.2) is 48.5 Å². The Morgan fingerprint density at radius 1 is 1.13 bits per heavy atom. The Morgan fingerprint density at radius 3 is 2.70 bits per heavy atom. The van der Waals surface area contributed by atoms with E-state index in [1.165, 1.54) is 11.3 Å². The van der Waals surface area contributed by atoms with Gasteiger partial charge in [0.1, 0.15) is 0 Å². The third kappa shape index (κ3) is 3.87. The maximum atomic E-state index is 11.5. The predicted molar refractivity (Wildman–Crippen MR) is 94.7 cm³/mol. The zero-order valence-electron chi connectivity index (χ0n) is 12.6. The number of rotatable bonds is 2. The molecule has 0 aliphatic heterocycles. The molecule has 0 atom stereocenters. The Morgan fingerprint density at radius 2 is 1.91 bits per heavy atom. The monoisotopic (exact) mass is 321 g/mol. The summed E-state index contributed by atoms with van der Waals surface area (Å²) in [5.41, 5.74) is 2.76. The molecule has 0 saturated carbocycles. The number of nitrogens with one attached hydrogen (secondary N) is 2. The summed E-state index contributed by atoms with van der Waals surface area (Å²) in [6, 6.07) is 15.5. The SMILES string of the molecule is CCNC(=O)Nc1nc2ccc(C#Cc3ccccc3)cc2s1. The van der Waals surface area contributed by atoms with Crippen LogP contribution in [-0.2, 0) is 0 Å². The molecular weight excluding hydrogens is 306 g/mol. The third-order valence-corrected chi connectivity index (χ3v) is 4.00. The summed E-state index contributed by atoms with van der Waals surface area (Å²) in [4.78, 5) is 15.9. The summed E-state index contributed by atoms with van der Waals surface area (Å²) in [6.07, 6.45) is 0. The van der Waals surface area contributed by atoms with Crippen LogP contribution in [-0.4, -0.2) is 17.6 Å². The van der Waals surface area contributed by atoms with Gasteiger partial charge in [0.25, 0.3) is 0 Å². The van der Waals surface area contributed by atoms with Gasteiger partial charge in [0.05, 0.1) is 10.2 Å². The standard InChI is InChI=1S/C18H15N3OS/c1-2-19-17(22)21-18-20-15-11-10-14(12-16(15)23-18)9-8-13-6-4-3-5-7-13/h3-7,10-12H,2H2,1H3,(H2,19,20,21,22). The molecule has 0 bridgehead atoms. The number of hydrogen-bond donors (Lipinski definition) is 2. The number of amides is 2. The van der Waals surface area contributed by atoms with E-state index in [2.05, 4.69) is 27.5 Å². The molecule has 0 saturated heterocycles. The van der Waals surface area contributed by atoms with Crippen LogP contribution in [0.3, 0.4) is 0 Å². The lowest BCUT2D eigenvalue weighted by Gasteiger charge is -2.00. The first-order valence-electron chi connectivity index (χ1n) is 7.27. The Hall–Kier alpha value is -2.84. The molecule has 0 radical (unpaired) electrons. The fraction of sp³-hybridized carbons (Fsp3) is 0.111. The quantitative estimate of drug-likeness (QED) is 0.705. The number of carbonyl (C=O) groups is 1. The number of hydrogen-bond acceptors (Lipinski definition) is 3. The molecule has 0 unspecified atom stereocenters. The van der Waals surface area contributed by atoms with Crippen LogP contribution in [0, 0.1) is 11.8 Å². The second kappa shape index (κ2) is 6.95. The van der Waals surface area contributed by atoms with Gasteiger partial charge in [-0.2, -0.15) is 0 Å². The highest BCUT2D eigenvalue weighted by molar-refractivity contribution is 7.22. The molecule has 0 aliphatic rings. The second-order valence-corrected chi connectivity index (χ2v) is 5.83. The summed E-state index contributed by atoms with van der Waals surface area (Å²) in [5, 5.41) is 6.00. The topological polar surface area (TPSA) is 54.0 Å². The summed E-state index contributed by atoms with van der Waals surface area (Å²) in [6.45, 7) is 2.45. The highest BCUT2D eigenvalue weighted by Gasteiger charge is 2.07. The van der Waals surface area contributed by atoms with Gasteiger partial charge in [0.15, 0.2) is 5.13 Å². The van der Waals surface area contributed by atoms with Gasteiger partial charge in [-0.25, -0.2) is 9.78 Å². The van der Waals surface area contributed by atoms with Crippen molar-refractivity contribution in [1.29, 1.82) is 0 Å². The lowest BCUT2D eigenvalue weighted by Crippen LogP contribution is -2.28. The summed E-state index contributed by atoms with van der Waals surface area (Å²) < 4.78 is 0.997. The van der Waals surface area contributed by atoms with Crippen molar-refractivity contribution in [1.82, 2.24) is 10.3 Å². The van der Waals surface area contributed by atoms with Crippen LogP contribution in [0.5, 0.6) is 0 Å². The number of anilines is 1. The van der Waals surface area contributed by atoms with Crippen molar-refractivity contribution in [2.75, 3.05) is 11.9 Å². The number of urea groups is 1. The number of benzene rings is 2. The molecule has 4 nitrogen and oxygen atoms in total. The van der Waals surface area contributed by atoms with Gasteiger partial charge in [-0.1, -0.05) is 41.4 Å². The van der Waals surface area contributed by atoms with Crippen molar-refractivity contribution in [3.63, 3.8) is 0 Å². The normalized spacial score (nSPS) is 9.96. The van der Waals surface area contributed by atoms with Gasteiger partial charge in [0.2, 0.25) is 0 Å². The molecule has 0 spiro atoms. The average Bonchev–Trinajstić information content (AvgIpc) is 2.95. The van der Waals surface area contributed by atoms with Crippen LogP contribution in [0.2, 0.25) is 0 Å². The Kier molecular flexibility index (Phi) is 4.55. The highest BCUT2D eigenvalue weighted by Crippen LogP contribution is 2.26. The Labute approximate surface area is 138 Å². The lowest BCUT2D eigenvalue weighted by atomic mass is 10.2. The molecule has 2 aromatic carbocycles. The number of aromatic nitrogens is 1. The van der Waals surface area contributed by atoms with E-state index in [0.717, 1.165) is 21.3 Å². The molecule has 5 heteroatoms. The number of fused-ring (bicyclic) bond motifs is 1. The number of nitrogens with zero attached hydrogens (tertiary/aromatic N) is 1. The molecule has 0 fully saturated rings. The largest absolute Gasteiger partial charge is 0.338 e. The minimum absolute atomic E-state index is 0.240. The van der Waals surface area contributed by atoms with Gasteiger partial charge in [-0.15, -0.1) is 0 Å². The minimum Gasteiger partial charge on any atom is -0.338 e.